The van der Waals surface area contributed by atoms with Crippen molar-refractivity contribution in [3.8, 4) is 0 Å². The third-order valence-corrected chi connectivity index (χ3v) is 2.67. The maximum absolute atomic E-state index is 12.5. The summed E-state index contributed by atoms with van der Waals surface area (Å²) in [5.41, 5.74) is 5.65. The smallest absolute Gasteiger partial charge is 0.246 e. The van der Waals surface area contributed by atoms with E-state index in [2.05, 4.69) is 0 Å². The van der Waals surface area contributed by atoms with Gasteiger partial charge in [-0.05, 0) is 17.7 Å². The fraction of sp³-hybridized carbons (Fsp3) is 0.333. The molecule has 14 heavy (non-hydrogen) atoms. The Kier molecular flexibility index (Phi) is 4.11. The molecule has 1 unspecified atom stereocenters. The zero-order valence-corrected chi connectivity index (χ0v) is 8.69. The summed E-state index contributed by atoms with van der Waals surface area (Å²) in [5.74, 6) is -0.982. The second kappa shape index (κ2) is 4.91. The van der Waals surface area contributed by atoms with Gasteiger partial charge in [-0.3, -0.25) is 0 Å². The molecule has 0 saturated heterocycles. The van der Waals surface area contributed by atoms with Crippen LogP contribution in [0.2, 0.25) is 10.0 Å². The molecule has 0 saturated carbocycles. The quantitative estimate of drug-likeness (QED) is 0.861. The number of halogens is 4. The molecule has 1 aromatic rings. The van der Waals surface area contributed by atoms with Gasteiger partial charge in [-0.15, -0.1) is 0 Å². The summed E-state index contributed by atoms with van der Waals surface area (Å²) >= 11 is 11.4. The molecule has 0 aliphatic carbocycles. The molecule has 1 aromatic carbocycles. The maximum atomic E-state index is 12.5. The molecule has 2 N–H and O–H groups in total. The Morgan fingerprint density at radius 3 is 2.29 bits per heavy atom. The summed E-state index contributed by atoms with van der Waals surface area (Å²) in [6.45, 7) is -0.115. The molecule has 0 aromatic heterocycles. The second-order valence-electron chi connectivity index (χ2n) is 2.85. The molecule has 78 valence electrons. The first-order valence-electron chi connectivity index (χ1n) is 3.99. The number of nitrogens with two attached hydrogens (primary N) is 1. The highest BCUT2D eigenvalue weighted by Crippen LogP contribution is 2.28. The molecule has 0 spiro atoms. The summed E-state index contributed by atoms with van der Waals surface area (Å²) in [5, 5.41) is 0.615. The minimum absolute atomic E-state index is 0.115. The highest BCUT2D eigenvalue weighted by atomic mass is 35.5. The first-order valence-corrected chi connectivity index (χ1v) is 4.75. The van der Waals surface area contributed by atoms with Crippen molar-refractivity contribution in [1.82, 2.24) is 0 Å². The maximum Gasteiger partial charge on any atom is 0.246 e. The van der Waals surface area contributed by atoms with Crippen molar-refractivity contribution >= 4 is 23.2 Å². The number of rotatable bonds is 3. The summed E-state index contributed by atoms with van der Waals surface area (Å²) in [7, 11) is 0. The summed E-state index contributed by atoms with van der Waals surface area (Å²) < 4.78 is 24.9. The third-order valence-electron chi connectivity index (χ3n) is 1.93. The summed E-state index contributed by atoms with van der Waals surface area (Å²) in [6, 6.07) is 4.43. The van der Waals surface area contributed by atoms with Crippen LogP contribution < -0.4 is 5.73 Å². The van der Waals surface area contributed by atoms with Gasteiger partial charge in [0.15, 0.2) is 0 Å². The Morgan fingerprint density at radius 1 is 1.21 bits per heavy atom. The molecule has 5 heteroatoms. The molecule has 0 aliphatic rings. The predicted molar refractivity (Wildman–Crippen MR) is 54.3 cm³/mol. The Balaban J connectivity index is 3.00. The van der Waals surface area contributed by atoms with E-state index >= 15 is 0 Å². The van der Waals surface area contributed by atoms with E-state index in [-0.39, 0.29) is 11.6 Å². The fourth-order valence-electron chi connectivity index (χ4n) is 1.13. The van der Waals surface area contributed by atoms with Crippen molar-refractivity contribution < 1.29 is 8.78 Å². The monoisotopic (exact) mass is 239 g/mol. The van der Waals surface area contributed by atoms with E-state index in [0.29, 0.717) is 10.6 Å². The van der Waals surface area contributed by atoms with Gasteiger partial charge < -0.3 is 5.73 Å². The van der Waals surface area contributed by atoms with Crippen molar-refractivity contribution in [2.24, 2.45) is 5.73 Å². The van der Waals surface area contributed by atoms with Gasteiger partial charge >= 0.3 is 0 Å². The van der Waals surface area contributed by atoms with Crippen molar-refractivity contribution in [2.75, 3.05) is 6.54 Å². The standard InChI is InChI=1S/C9H9Cl2F2N/c10-7-2-1-5(3-8(7)11)6(4-14)9(12)13/h1-3,6,9H,4,14H2. The van der Waals surface area contributed by atoms with Crippen molar-refractivity contribution in [3.05, 3.63) is 33.8 Å². The van der Waals surface area contributed by atoms with E-state index in [9.17, 15) is 8.78 Å². The average Bonchev–Trinajstić information content (AvgIpc) is 2.11. The molecule has 0 bridgehead atoms. The molecule has 0 aliphatic heterocycles. The van der Waals surface area contributed by atoms with Gasteiger partial charge in [-0.2, -0.15) is 0 Å². The molecule has 1 rings (SSSR count). The highest BCUT2D eigenvalue weighted by molar-refractivity contribution is 6.42. The van der Waals surface area contributed by atoms with Crippen LogP contribution in [0, 0.1) is 0 Å². The number of alkyl halides is 2. The molecule has 1 nitrogen and oxygen atoms in total. The van der Waals surface area contributed by atoms with E-state index in [1.807, 2.05) is 0 Å². The lowest BCUT2D eigenvalue weighted by Crippen LogP contribution is -2.19. The van der Waals surface area contributed by atoms with Crippen LogP contribution in [0.25, 0.3) is 0 Å². The predicted octanol–water partition coefficient (Wildman–Crippen LogP) is 3.30. The van der Waals surface area contributed by atoms with Crippen molar-refractivity contribution in [1.29, 1.82) is 0 Å². The Labute approximate surface area is 90.8 Å². The summed E-state index contributed by atoms with van der Waals surface area (Å²) in [4.78, 5) is 0. The lowest BCUT2D eigenvalue weighted by molar-refractivity contribution is 0.117. The van der Waals surface area contributed by atoms with Crippen LogP contribution in [0.1, 0.15) is 11.5 Å². The minimum atomic E-state index is -2.49. The average molecular weight is 240 g/mol. The molecule has 1 atom stereocenters. The fourth-order valence-corrected chi connectivity index (χ4v) is 1.43. The molecule has 0 radical (unpaired) electrons. The number of hydrogen-bond acceptors (Lipinski definition) is 1. The summed E-state index contributed by atoms with van der Waals surface area (Å²) in [6.07, 6.45) is -2.49. The van der Waals surface area contributed by atoms with Crippen LogP contribution in [-0.2, 0) is 0 Å². The van der Waals surface area contributed by atoms with Crippen LogP contribution in [-0.4, -0.2) is 13.0 Å². The zero-order chi connectivity index (χ0) is 10.7. The highest BCUT2D eigenvalue weighted by Gasteiger charge is 2.21. The molecular weight excluding hydrogens is 231 g/mol. The van der Waals surface area contributed by atoms with Gasteiger partial charge in [-0.1, -0.05) is 29.3 Å². The Morgan fingerprint density at radius 2 is 1.86 bits per heavy atom. The van der Waals surface area contributed by atoms with Gasteiger partial charge in [0.05, 0.1) is 16.0 Å². The lowest BCUT2D eigenvalue weighted by atomic mass is 10.00. The van der Waals surface area contributed by atoms with E-state index in [4.69, 9.17) is 28.9 Å². The van der Waals surface area contributed by atoms with Crippen molar-refractivity contribution in [3.63, 3.8) is 0 Å². The number of benzene rings is 1. The lowest BCUT2D eigenvalue weighted by Gasteiger charge is -2.14. The SMILES string of the molecule is NCC(c1ccc(Cl)c(Cl)c1)C(F)F. The molecule has 0 amide bonds. The van der Waals surface area contributed by atoms with Gasteiger partial charge in [0.1, 0.15) is 0 Å². The first kappa shape index (κ1) is 11.7. The van der Waals surface area contributed by atoms with Crippen molar-refractivity contribution in [2.45, 2.75) is 12.3 Å². The van der Waals surface area contributed by atoms with E-state index < -0.39 is 12.3 Å². The molecule has 0 heterocycles. The van der Waals surface area contributed by atoms with Crippen LogP contribution in [0.3, 0.4) is 0 Å². The topological polar surface area (TPSA) is 26.0 Å². The van der Waals surface area contributed by atoms with Gasteiger partial charge in [0.25, 0.3) is 0 Å². The second-order valence-corrected chi connectivity index (χ2v) is 3.66. The Bertz CT molecular complexity index is 318. The Hall–Kier alpha value is -0.380. The number of hydrogen-bond donors (Lipinski definition) is 1. The van der Waals surface area contributed by atoms with E-state index in [1.165, 1.54) is 18.2 Å². The molecular formula is C9H9Cl2F2N. The van der Waals surface area contributed by atoms with E-state index in [0.717, 1.165) is 0 Å². The van der Waals surface area contributed by atoms with Crippen LogP contribution in [0.5, 0.6) is 0 Å². The minimum Gasteiger partial charge on any atom is -0.330 e. The van der Waals surface area contributed by atoms with E-state index in [1.54, 1.807) is 0 Å². The first-order chi connectivity index (χ1) is 6.56. The third kappa shape index (κ3) is 2.56. The van der Waals surface area contributed by atoms with Crippen LogP contribution >= 0.6 is 23.2 Å². The largest absolute Gasteiger partial charge is 0.330 e. The normalized spacial score (nSPS) is 13.3. The molecule has 0 fully saturated rings. The van der Waals surface area contributed by atoms with Gasteiger partial charge in [0.2, 0.25) is 6.43 Å². The van der Waals surface area contributed by atoms with Gasteiger partial charge in [0, 0.05) is 6.54 Å². The zero-order valence-electron chi connectivity index (χ0n) is 7.18. The van der Waals surface area contributed by atoms with Crippen LogP contribution in [0.4, 0.5) is 8.78 Å². The van der Waals surface area contributed by atoms with Crippen LogP contribution in [0.15, 0.2) is 18.2 Å². The van der Waals surface area contributed by atoms with Gasteiger partial charge in [-0.25, -0.2) is 8.78 Å².